The van der Waals surface area contributed by atoms with Crippen LogP contribution in [0.5, 0.6) is 5.75 Å². The zero-order chi connectivity index (χ0) is 22.0. The van der Waals surface area contributed by atoms with Gasteiger partial charge in [-0.1, -0.05) is 6.42 Å². The molecule has 2 heterocycles. The summed E-state index contributed by atoms with van der Waals surface area (Å²) < 4.78 is 11.3. The molecule has 1 aromatic carbocycles. The van der Waals surface area contributed by atoms with E-state index in [9.17, 15) is 4.79 Å². The summed E-state index contributed by atoms with van der Waals surface area (Å²) in [5.41, 5.74) is 14.6. The van der Waals surface area contributed by atoms with E-state index in [4.69, 9.17) is 25.9 Å². The molecule has 4 N–H and O–H groups in total. The number of morpholine rings is 1. The van der Waals surface area contributed by atoms with E-state index in [1.807, 2.05) is 30.9 Å². The third-order valence-electron chi connectivity index (χ3n) is 6.26. The number of carbonyl (C=O) groups excluding carboxylic acids is 1. The summed E-state index contributed by atoms with van der Waals surface area (Å²) in [6.07, 6.45) is 5.10. The van der Waals surface area contributed by atoms with Crippen LogP contribution in [0.2, 0.25) is 0 Å². The van der Waals surface area contributed by atoms with Crippen LogP contribution in [0.4, 0.5) is 5.69 Å². The minimum absolute atomic E-state index is 0.0130. The molecule has 0 atom stereocenters. The van der Waals surface area contributed by atoms with Gasteiger partial charge in [-0.05, 0) is 62.8 Å². The van der Waals surface area contributed by atoms with Crippen LogP contribution >= 0.6 is 0 Å². The maximum atomic E-state index is 12.5. The van der Waals surface area contributed by atoms with Crippen molar-refractivity contribution in [3.05, 3.63) is 23.3 Å². The molecule has 0 bridgehead atoms. The zero-order valence-electron chi connectivity index (χ0n) is 18.4. The van der Waals surface area contributed by atoms with E-state index < -0.39 is 5.66 Å². The van der Waals surface area contributed by atoms with Gasteiger partial charge in [0.1, 0.15) is 11.4 Å². The molecule has 0 aromatic heterocycles. The Bertz CT molecular complexity index is 878. The van der Waals surface area contributed by atoms with Gasteiger partial charge in [0.2, 0.25) is 11.9 Å². The largest absolute Gasteiger partial charge is 0.483 e. The average Bonchev–Trinajstić information content (AvgIpc) is 2.73. The number of rotatable bonds is 4. The highest BCUT2D eigenvalue weighted by Gasteiger charge is 2.42. The highest BCUT2D eigenvalue weighted by Crippen LogP contribution is 2.41. The average molecular weight is 429 g/mol. The molecule has 1 saturated carbocycles. The van der Waals surface area contributed by atoms with Gasteiger partial charge in [0, 0.05) is 18.8 Å². The van der Waals surface area contributed by atoms with Gasteiger partial charge in [0.05, 0.1) is 13.2 Å². The SMILES string of the molecule is Cc1cc(N2C(N)=NC(N)=NC23CCCCC3)cc(C)c1OCC(=O)N1CCOCC1. The van der Waals surface area contributed by atoms with Crippen molar-refractivity contribution < 1.29 is 14.3 Å². The van der Waals surface area contributed by atoms with Gasteiger partial charge in [0.15, 0.2) is 6.61 Å². The van der Waals surface area contributed by atoms with E-state index >= 15 is 0 Å². The van der Waals surface area contributed by atoms with Crippen molar-refractivity contribution in [1.29, 1.82) is 0 Å². The molecule has 1 amide bonds. The summed E-state index contributed by atoms with van der Waals surface area (Å²) >= 11 is 0. The summed E-state index contributed by atoms with van der Waals surface area (Å²) in [4.78, 5) is 25.2. The van der Waals surface area contributed by atoms with Crippen molar-refractivity contribution in [3.8, 4) is 5.75 Å². The highest BCUT2D eigenvalue weighted by molar-refractivity contribution is 6.05. The Balaban J connectivity index is 1.56. The number of nitrogens with two attached hydrogens (primary N) is 2. The normalized spacial score (nSPS) is 21.0. The van der Waals surface area contributed by atoms with Crippen molar-refractivity contribution in [1.82, 2.24) is 4.90 Å². The van der Waals surface area contributed by atoms with Crippen LogP contribution in [-0.2, 0) is 9.53 Å². The molecular weight excluding hydrogens is 396 g/mol. The first kappa shape index (κ1) is 21.4. The molecule has 0 radical (unpaired) electrons. The number of aryl methyl sites for hydroxylation is 2. The molecule has 31 heavy (non-hydrogen) atoms. The summed E-state index contributed by atoms with van der Waals surface area (Å²) in [6.45, 7) is 6.34. The van der Waals surface area contributed by atoms with Crippen molar-refractivity contribution in [2.24, 2.45) is 21.5 Å². The fraction of sp³-hybridized carbons (Fsp3) is 0.591. The van der Waals surface area contributed by atoms with Crippen molar-refractivity contribution in [2.45, 2.75) is 51.6 Å². The van der Waals surface area contributed by atoms with Crippen LogP contribution in [0.3, 0.4) is 0 Å². The number of benzene rings is 1. The van der Waals surface area contributed by atoms with Crippen LogP contribution < -0.4 is 21.1 Å². The van der Waals surface area contributed by atoms with Crippen molar-refractivity contribution in [3.63, 3.8) is 0 Å². The molecule has 168 valence electrons. The van der Waals surface area contributed by atoms with E-state index in [-0.39, 0.29) is 18.5 Å². The lowest BCUT2D eigenvalue weighted by atomic mass is 9.87. The standard InChI is InChI=1S/C22H32N6O3/c1-15-12-17(28-21(24)25-20(23)26-22(28)6-4-3-5-7-22)13-16(2)19(15)31-14-18(29)27-8-10-30-11-9-27/h12-13H,3-11,14H2,1-2H3,(H4,23,24,25,26). The summed E-state index contributed by atoms with van der Waals surface area (Å²) in [7, 11) is 0. The molecule has 4 rings (SSSR count). The van der Waals surface area contributed by atoms with Gasteiger partial charge in [-0.2, -0.15) is 4.99 Å². The van der Waals surface area contributed by atoms with E-state index in [0.29, 0.717) is 32.3 Å². The topological polar surface area (TPSA) is 119 Å². The second kappa shape index (κ2) is 8.74. The molecule has 9 nitrogen and oxygen atoms in total. The van der Waals surface area contributed by atoms with Gasteiger partial charge >= 0.3 is 0 Å². The number of nitrogens with zero attached hydrogens (tertiary/aromatic N) is 4. The molecule has 1 aromatic rings. The Morgan fingerprint density at radius 2 is 1.77 bits per heavy atom. The molecule has 2 fully saturated rings. The number of aliphatic imine (C=N–C) groups is 2. The summed E-state index contributed by atoms with van der Waals surface area (Å²) in [5, 5.41) is 0. The molecule has 0 unspecified atom stereocenters. The number of ether oxygens (including phenoxy) is 2. The number of amides is 1. The fourth-order valence-corrected chi connectivity index (χ4v) is 4.82. The quantitative estimate of drug-likeness (QED) is 0.753. The summed E-state index contributed by atoms with van der Waals surface area (Å²) in [6, 6.07) is 4.05. The number of hydrogen-bond acceptors (Lipinski definition) is 8. The Kier molecular flexibility index (Phi) is 6.04. The van der Waals surface area contributed by atoms with Gasteiger partial charge < -0.3 is 25.8 Å². The lowest BCUT2D eigenvalue weighted by molar-refractivity contribution is -0.137. The van der Waals surface area contributed by atoms with Crippen molar-refractivity contribution >= 4 is 23.5 Å². The number of anilines is 1. The molecule has 3 aliphatic rings. The monoisotopic (exact) mass is 428 g/mol. The first-order valence-corrected chi connectivity index (χ1v) is 11.0. The van der Waals surface area contributed by atoms with Crippen LogP contribution in [0.25, 0.3) is 0 Å². The van der Waals surface area contributed by atoms with E-state index in [0.717, 1.165) is 48.2 Å². The second-order valence-corrected chi connectivity index (χ2v) is 8.51. The molecule has 1 aliphatic carbocycles. The second-order valence-electron chi connectivity index (χ2n) is 8.51. The molecule has 2 aliphatic heterocycles. The number of hydrogen-bond donors (Lipinski definition) is 2. The van der Waals surface area contributed by atoms with Crippen LogP contribution in [0.15, 0.2) is 22.1 Å². The minimum atomic E-state index is -0.484. The van der Waals surface area contributed by atoms with Crippen molar-refractivity contribution in [2.75, 3.05) is 37.8 Å². The lowest BCUT2D eigenvalue weighted by Crippen LogP contribution is -2.58. The maximum Gasteiger partial charge on any atom is 0.260 e. The molecule has 9 heteroatoms. The zero-order valence-corrected chi connectivity index (χ0v) is 18.4. The van der Waals surface area contributed by atoms with Gasteiger partial charge in [-0.25, -0.2) is 4.99 Å². The van der Waals surface area contributed by atoms with Crippen LogP contribution in [0.1, 0.15) is 43.2 Å². The molecule has 1 saturated heterocycles. The van der Waals surface area contributed by atoms with Gasteiger partial charge in [0.25, 0.3) is 5.91 Å². The Labute approximate surface area is 183 Å². The first-order valence-electron chi connectivity index (χ1n) is 11.0. The third-order valence-corrected chi connectivity index (χ3v) is 6.26. The smallest absolute Gasteiger partial charge is 0.260 e. The van der Waals surface area contributed by atoms with Crippen LogP contribution in [0, 0.1) is 13.8 Å². The highest BCUT2D eigenvalue weighted by atomic mass is 16.5. The van der Waals surface area contributed by atoms with Crippen LogP contribution in [-0.4, -0.2) is 61.3 Å². The fourth-order valence-electron chi connectivity index (χ4n) is 4.82. The predicted octanol–water partition coefficient (Wildman–Crippen LogP) is 1.65. The minimum Gasteiger partial charge on any atom is -0.483 e. The Hall–Kier alpha value is -2.81. The Morgan fingerprint density at radius 3 is 2.42 bits per heavy atom. The molecular formula is C22H32N6O3. The van der Waals surface area contributed by atoms with E-state index in [2.05, 4.69) is 4.99 Å². The Morgan fingerprint density at radius 1 is 1.13 bits per heavy atom. The van der Waals surface area contributed by atoms with Gasteiger partial charge in [-0.3, -0.25) is 9.69 Å². The number of guanidine groups is 2. The number of carbonyl (C=O) groups is 1. The summed E-state index contributed by atoms with van der Waals surface area (Å²) in [5.74, 6) is 1.30. The third kappa shape index (κ3) is 4.32. The molecule has 1 spiro atoms. The van der Waals surface area contributed by atoms with E-state index in [1.54, 1.807) is 4.90 Å². The van der Waals surface area contributed by atoms with Gasteiger partial charge in [-0.15, -0.1) is 0 Å². The predicted molar refractivity (Wildman–Crippen MR) is 120 cm³/mol. The first-order chi connectivity index (χ1) is 14.9. The maximum absolute atomic E-state index is 12.5. The van der Waals surface area contributed by atoms with E-state index in [1.165, 1.54) is 6.42 Å². The lowest BCUT2D eigenvalue weighted by Gasteiger charge is -2.45.